The van der Waals surface area contributed by atoms with Crippen LogP contribution in [0, 0.1) is 0 Å². The fraction of sp³-hybridized carbons (Fsp3) is 0.0408. The fourth-order valence-corrected chi connectivity index (χ4v) is 8.50. The number of fused-ring (bicyclic) bond motifs is 10. The molecule has 2 aliphatic heterocycles. The molecule has 0 saturated carbocycles. The lowest BCUT2D eigenvalue weighted by Gasteiger charge is -2.32. The van der Waals surface area contributed by atoms with Crippen molar-refractivity contribution < 1.29 is 0 Å². The Labute approximate surface area is 301 Å². The molecule has 2 aliphatic rings. The number of aliphatic imine (C=N–C) groups is 1. The topological polar surface area (TPSA) is 29.3 Å². The van der Waals surface area contributed by atoms with Gasteiger partial charge in [-0.05, 0) is 86.6 Å². The Kier molecular flexibility index (Phi) is 6.38. The highest BCUT2D eigenvalue weighted by molar-refractivity contribution is 6.14. The number of hydrogen-bond donors (Lipinski definition) is 1. The Morgan fingerprint density at radius 1 is 0.481 bits per heavy atom. The number of para-hydroxylation sites is 1. The van der Waals surface area contributed by atoms with Gasteiger partial charge in [0.1, 0.15) is 5.84 Å². The van der Waals surface area contributed by atoms with Crippen molar-refractivity contribution in [1.82, 2.24) is 9.88 Å². The van der Waals surface area contributed by atoms with Crippen molar-refractivity contribution in [3.8, 4) is 16.8 Å². The first-order chi connectivity index (χ1) is 25.7. The van der Waals surface area contributed by atoms with Gasteiger partial charge in [0.2, 0.25) is 0 Å². The van der Waals surface area contributed by atoms with Crippen LogP contribution in [0.2, 0.25) is 0 Å². The van der Waals surface area contributed by atoms with E-state index in [0.717, 1.165) is 29.1 Å². The molecule has 0 spiro atoms. The summed E-state index contributed by atoms with van der Waals surface area (Å²) in [5.41, 5.74) is 13.1. The summed E-state index contributed by atoms with van der Waals surface area (Å²) >= 11 is 0. The van der Waals surface area contributed by atoms with Gasteiger partial charge < -0.3 is 9.88 Å². The number of aromatic nitrogens is 1. The number of nitrogens with zero attached hydrogens (tertiary/aromatic N) is 2. The third kappa shape index (κ3) is 4.56. The minimum Gasteiger partial charge on any atom is -0.359 e. The van der Waals surface area contributed by atoms with E-state index in [1.165, 1.54) is 76.9 Å². The van der Waals surface area contributed by atoms with Gasteiger partial charge >= 0.3 is 0 Å². The van der Waals surface area contributed by atoms with Gasteiger partial charge in [-0.2, -0.15) is 0 Å². The van der Waals surface area contributed by atoms with Crippen LogP contribution in [0.15, 0.2) is 186 Å². The predicted molar refractivity (Wildman–Crippen MR) is 217 cm³/mol. The van der Waals surface area contributed by atoms with Gasteiger partial charge in [-0.25, -0.2) is 4.99 Å². The van der Waals surface area contributed by atoms with Crippen molar-refractivity contribution in [2.75, 3.05) is 0 Å². The van der Waals surface area contributed by atoms with E-state index in [4.69, 9.17) is 4.99 Å². The summed E-state index contributed by atoms with van der Waals surface area (Å²) in [5.74, 6) is 0.885. The molecule has 11 rings (SSSR count). The Balaban J connectivity index is 1.13. The van der Waals surface area contributed by atoms with Crippen molar-refractivity contribution in [2.45, 2.75) is 12.5 Å². The zero-order valence-electron chi connectivity index (χ0n) is 28.4. The first-order valence-electron chi connectivity index (χ1n) is 18.0. The fourth-order valence-electron chi connectivity index (χ4n) is 8.50. The maximum absolute atomic E-state index is 5.49. The second kappa shape index (κ2) is 11.4. The zero-order valence-corrected chi connectivity index (χ0v) is 28.4. The predicted octanol–water partition coefficient (Wildman–Crippen LogP) is 11.8. The first kappa shape index (κ1) is 29.1. The second-order valence-electron chi connectivity index (χ2n) is 14.1. The van der Waals surface area contributed by atoms with Crippen LogP contribution in [0.25, 0.3) is 65.9 Å². The lowest BCUT2D eigenvalue weighted by Crippen LogP contribution is -2.35. The van der Waals surface area contributed by atoms with E-state index in [1.54, 1.807) is 0 Å². The monoisotopic (exact) mass is 663 g/mol. The molecule has 1 unspecified atom stereocenters. The van der Waals surface area contributed by atoms with Gasteiger partial charge in [-0.3, -0.25) is 0 Å². The van der Waals surface area contributed by atoms with Crippen LogP contribution < -0.4 is 5.32 Å². The van der Waals surface area contributed by atoms with Crippen molar-refractivity contribution in [1.29, 1.82) is 0 Å². The van der Waals surface area contributed by atoms with Gasteiger partial charge in [-0.1, -0.05) is 140 Å². The number of hydrogen-bond acceptors (Lipinski definition) is 2. The summed E-state index contributed by atoms with van der Waals surface area (Å²) < 4.78 is 2.49. The van der Waals surface area contributed by atoms with Gasteiger partial charge in [0.15, 0.2) is 0 Å². The van der Waals surface area contributed by atoms with Gasteiger partial charge in [0.25, 0.3) is 0 Å². The zero-order chi connectivity index (χ0) is 34.2. The average Bonchev–Trinajstić information content (AvgIpc) is 3.53. The Morgan fingerprint density at radius 3 is 1.92 bits per heavy atom. The molecule has 244 valence electrons. The Morgan fingerprint density at radius 2 is 1.12 bits per heavy atom. The van der Waals surface area contributed by atoms with Gasteiger partial charge in [0.05, 0.1) is 28.5 Å². The van der Waals surface area contributed by atoms with Gasteiger partial charge in [0, 0.05) is 27.5 Å². The summed E-state index contributed by atoms with van der Waals surface area (Å²) in [6, 6.07) is 64.1. The first-order valence-corrected chi connectivity index (χ1v) is 18.0. The molecule has 1 aromatic heterocycles. The molecule has 3 nitrogen and oxygen atoms in total. The highest BCUT2D eigenvalue weighted by Gasteiger charge is 2.31. The van der Waals surface area contributed by atoms with E-state index in [9.17, 15) is 0 Å². The number of amidine groups is 1. The van der Waals surface area contributed by atoms with Gasteiger partial charge in [-0.15, -0.1) is 0 Å². The molecule has 0 amide bonds. The SMILES string of the molecule is c1ccc(C2=C3Cc4ccc5c6cc7ccccc7cc6n(c5c4)-c4ccccc4C3NC(c3ccc4cc(-c5ccccc5)ccc4c3)=N2)cc1. The number of benzene rings is 8. The molecule has 2 bridgehead atoms. The molecule has 52 heavy (non-hydrogen) atoms. The minimum absolute atomic E-state index is 0.0998. The molecule has 8 aromatic carbocycles. The number of rotatable bonds is 3. The molecular formula is C49H33N3. The highest BCUT2D eigenvalue weighted by atomic mass is 15.1. The molecule has 1 atom stereocenters. The quantitative estimate of drug-likeness (QED) is 0.200. The van der Waals surface area contributed by atoms with Crippen LogP contribution in [-0.4, -0.2) is 10.4 Å². The van der Waals surface area contributed by atoms with E-state index in [0.29, 0.717) is 0 Å². The molecule has 0 radical (unpaired) electrons. The van der Waals surface area contributed by atoms with Crippen LogP contribution in [0.5, 0.6) is 0 Å². The summed E-state index contributed by atoms with van der Waals surface area (Å²) in [7, 11) is 0. The molecule has 0 saturated heterocycles. The van der Waals surface area contributed by atoms with Crippen LogP contribution in [0.1, 0.15) is 28.3 Å². The van der Waals surface area contributed by atoms with Crippen molar-refractivity contribution in [2.24, 2.45) is 4.99 Å². The third-order valence-corrected chi connectivity index (χ3v) is 11.0. The molecule has 0 fully saturated rings. The summed E-state index contributed by atoms with van der Waals surface area (Å²) in [6.45, 7) is 0. The summed E-state index contributed by atoms with van der Waals surface area (Å²) in [5, 5.41) is 11.5. The third-order valence-electron chi connectivity index (χ3n) is 11.0. The Bertz CT molecular complexity index is 2950. The molecule has 3 heterocycles. The van der Waals surface area contributed by atoms with Crippen molar-refractivity contribution >= 4 is 54.9 Å². The van der Waals surface area contributed by atoms with E-state index in [2.05, 4.69) is 186 Å². The van der Waals surface area contributed by atoms with Crippen molar-refractivity contribution in [3.05, 3.63) is 204 Å². The van der Waals surface area contributed by atoms with Crippen LogP contribution in [0.4, 0.5) is 0 Å². The van der Waals surface area contributed by atoms with Crippen LogP contribution in [0.3, 0.4) is 0 Å². The lowest BCUT2D eigenvalue weighted by atomic mass is 9.87. The average molecular weight is 664 g/mol. The molecule has 9 aromatic rings. The number of nitrogens with one attached hydrogen (secondary N) is 1. The van der Waals surface area contributed by atoms with Crippen LogP contribution >= 0.6 is 0 Å². The second-order valence-corrected chi connectivity index (χ2v) is 14.1. The normalized spacial score (nSPS) is 15.2. The lowest BCUT2D eigenvalue weighted by molar-refractivity contribution is 0.710. The maximum atomic E-state index is 5.49. The Hall–Kier alpha value is -6.71. The van der Waals surface area contributed by atoms with E-state index in [1.807, 2.05) is 0 Å². The van der Waals surface area contributed by atoms with Crippen molar-refractivity contribution in [3.63, 3.8) is 0 Å². The molecule has 3 heteroatoms. The van der Waals surface area contributed by atoms with E-state index < -0.39 is 0 Å². The standard InChI is InChI=1S/C49H33N3/c1-3-11-32(12-4-1)36-20-21-38-28-39(23-22-37(38)27-36)49-50-47(33-13-5-2-6-14-33)43-25-31-19-24-40-42-29-34-15-7-8-16-35(34)30-46(42)52(45(40)26-31)44-18-10-9-17-41(44)48(43)51-49/h1-24,26-30,48H,25H2,(H,50,51). The summed E-state index contributed by atoms with van der Waals surface area (Å²) in [6.07, 6.45) is 0.784. The smallest absolute Gasteiger partial charge is 0.134 e. The van der Waals surface area contributed by atoms with Crippen LogP contribution in [-0.2, 0) is 6.42 Å². The highest BCUT2D eigenvalue weighted by Crippen LogP contribution is 2.43. The van der Waals surface area contributed by atoms with E-state index >= 15 is 0 Å². The summed E-state index contributed by atoms with van der Waals surface area (Å²) in [4.78, 5) is 5.49. The molecule has 1 N–H and O–H groups in total. The van der Waals surface area contributed by atoms with E-state index in [-0.39, 0.29) is 6.04 Å². The largest absolute Gasteiger partial charge is 0.359 e. The minimum atomic E-state index is -0.0998. The maximum Gasteiger partial charge on any atom is 0.134 e. The molecular weight excluding hydrogens is 631 g/mol. The molecule has 0 aliphatic carbocycles.